The Morgan fingerprint density at radius 3 is 2.68 bits per heavy atom. The second-order valence-electron chi connectivity index (χ2n) is 8.70. The number of hydrogen-bond donors (Lipinski definition) is 1. The molecule has 4 rings (SSSR count). The van der Waals surface area contributed by atoms with Crippen LogP contribution in [0.1, 0.15) is 50.3 Å². The quantitative estimate of drug-likeness (QED) is 0.378. The number of carboxylic acid groups (broad SMARTS) is 1. The Morgan fingerprint density at radius 2 is 2.00 bits per heavy atom. The third-order valence-corrected chi connectivity index (χ3v) is 5.73. The summed E-state index contributed by atoms with van der Waals surface area (Å²) in [6.45, 7) is 3.74. The topological polar surface area (TPSA) is 91.0 Å². The molecule has 1 aliphatic carbocycles. The monoisotopic (exact) mass is 469 g/mol. The molecule has 0 radical (unpaired) electrons. The first-order valence-electron chi connectivity index (χ1n) is 11.3. The first kappa shape index (κ1) is 23.6. The van der Waals surface area contributed by atoms with E-state index in [9.17, 15) is 14.3 Å². The summed E-state index contributed by atoms with van der Waals surface area (Å²) in [6, 6.07) is 11.8. The minimum absolute atomic E-state index is 0.0319. The van der Waals surface area contributed by atoms with Crippen molar-refractivity contribution in [3.63, 3.8) is 0 Å². The average molecular weight is 470 g/mol. The number of carboxylic acids is 1. The van der Waals surface area contributed by atoms with Crippen LogP contribution in [0, 0.1) is 11.7 Å². The van der Waals surface area contributed by atoms with Crippen LogP contribution in [0.15, 0.2) is 47.0 Å². The van der Waals surface area contributed by atoms with E-state index in [0.29, 0.717) is 28.9 Å². The van der Waals surface area contributed by atoms with Crippen molar-refractivity contribution in [2.24, 2.45) is 5.92 Å². The number of rotatable bonds is 11. The second kappa shape index (κ2) is 10.2. The molecular formula is C26H28FNO6. The van der Waals surface area contributed by atoms with Crippen LogP contribution in [0.2, 0.25) is 0 Å². The summed E-state index contributed by atoms with van der Waals surface area (Å²) < 4.78 is 37.2. The minimum atomic E-state index is -0.807. The predicted molar refractivity (Wildman–Crippen MR) is 123 cm³/mol. The lowest BCUT2D eigenvalue weighted by molar-refractivity contribution is -0.137. The molecule has 1 saturated carbocycles. The molecule has 7 nitrogen and oxygen atoms in total. The van der Waals surface area contributed by atoms with Gasteiger partial charge < -0.3 is 23.8 Å². The van der Waals surface area contributed by atoms with Crippen LogP contribution in [0.3, 0.4) is 0 Å². The fraction of sp³-hybridized carbons (Fsp3) is 0.385. The SMILES string of the molecule is COc1ccc(F)c(-c2onc(COc3cccc([C@@H](CC(=O)O)C4CC4)c3)c2OC(C)C)c1. The molecule has 0 aliphatic heterocycles. The molecule has 1 atom stereocenters. The highest BCUT2D eigenvalue weighted by atomic mass is 19.1. The summed E-state index contributed by atoms with van der Waals surface area (Å²) in [5.41, 5.74) is 1.51. The number of nitrogens with zero attached hydrogens (tertiary/aromatic N) is 1. The highest BCUT2D eigenvalue weighted by Gasteiger charge is 2.34. The van der Waals surface area contributed by atoms with Gasteiger partial charge in [0.2, 0.25) is 5.76 Å². The lowest BCUT2D eigenvalue weighted by Crippen LogP contribution is -2.09. The van der Waals surface area contributed by atoms with Crippen molar-refractivity contribution >= 4 is 5.97 Å². The molecule has 1 N–H and O–H groups in total. The Balaban J connectivity index is 1.57. The van der Waals surface area contributed by atoms with Gasteiger partial charge in [-0.05, 0) is 74.4 Å². The molecule has 0 saturated heterocycles. The van der Waals surface area contributed by atoms with Gasteiger partial charge in [-0.1, -0.05) is 17.3 Å². The van der Waals surface area contributed by atoms with E-state index in [1.54, 1.807) is 6.07 Å². The standard InChI is InChI=1S/C26H28FNO6/c1-15(2)33-26-23(28-34-25(26)21-12-18(31-3)9-10-22(21)27)14-32-19-6-4-5-17(11-19)20(13-24(29)30)16-7-8-16/h4-6,9-12,15-16,20H,7-8,13-14H2,1-3H3,(H,29,30)/t20-/m0/s1. The van der Waals surface area contributed by atoms with Gasteiger partial charge in [-0.3, -0.25) is 4.79 Å². The maximum absolute atomic E-state index is 14.6. The first-order valence-corrected chi connectivity index (χ1v) is 11.3. The number of halogens is 1. The van der Waals surface area contributed by atoms with E-state index < -0.39 is 11.8 Å². The molecule has 0 spiro atoms. The van der Waals surface area contributed by atoms with Gasteiger partial charge in [-0.2, -0.15) is 0 Å². The molecule has 1 fully saturated rings. The molecule has 0 unspecified atom stereocenters. The van der Waals surface area contributed by atoms with Crippen molar-refractivity contribution in [1.29, 1.82) is 0 Å². The lowest BCUT2D eigenvalue weighted by Gasteiger charge is -2.16. The Kier molecular flexibility index (Phi) is 7.05. The maximum atomic E-state index is 14.6. The third-order valence-electron chi connectivity index (χ3n) is 5.73. The van der Waals surface area contributed by atoms with Gasteiger partial charge in [0, 0.05) is 0 Å². The van der Waals surface area contributed by atoms with Crippen LogP contribution >= 0.6 is 0 Å². The number of methoxy groups -OCH3 is 1. The summed E-state index contributed by atoms with van der Waals surface area (Å²) in [4.78, 5) is 11.3. The van der Waals surface area contributed by atoms with Crippen molar-refractivity contribution in [2.45, 2.75) is 51.7 Å². The number of aliphatic carboxylic acids is 1. The molecule has 1 aliphatic rings. The molecule has 3 aromatic rings. The minimum Gasteiger partial charge on any atom is -0.497 e. The van der Waals surface area contributed by atoms with E-state index in [4.69, 9.17) is 18.7 Å². The molecule has 1 heterocycles. The zero-order valence-electron chi connectivity index (χ0n) is 19.4. The smallest absolute Gasteiger partial charge is 0.303 e. The number of hydrogen-bond acceptors (Lipinski definition) is 6. The Bertz CT molecular complexity index is 1150. The average Bonchev–Trinajstić information content (AvgIpc) is 3.58. The number of carbonyl (C=O) groups is 1. The molecule has 34 heavy (non-hydrogen) atoms. The first-order chi connectivity index (χ1) is 16.4. The van der Waals surface area contributed by atoms with Crippen molar-refractivity contribution in [3.05, 3.63) is 59.5 Å². The molecule has 2 aromatic carbocycles. The predicted octanol–water partition coefficient (Wildman–Crippen LogP) is 5.82. The molecule has 1 aromatic heterocycles. The molecule has 180 valence electrons. The molecule has 0 bridgehead atoms. The molecule has 8 heteroatoms. The molecular weight excluding hydrogens is 441 g/mol. The van der Waals surface area contributed by atoms with Gasteiger partial charge in [0.05, 0.1) is 25.2 Å². The molecule has 0 amide bonds. The Hall–Kier alpha value is -3.55. The van der Waals surface area contributed by atoms with E-state index >= 15 is 0 Å². The summed E-state index contributed by atoms with van der Waals surface area (Å²) in [5, 5.41) is 13.4. The van der Waals surface area contributed by atoms with E-state index in [0.717, 1.165) is 18.4 Å². The van der Waals surface area contributed by atoms with Gasteiger partial charge in [-0.15, -0.1) is 0 Å². The summed E-state index contributed by atoms with van der Waals surface area (Å²) in [5.74, 6) is 0.594. The van der Waals surface area contributed by atoms with Crippen LogP contribution < -0.4 is 14.2 Å². The Morgan fingerprint density at radius 1 is 1.21 bits per heavy atom. The van der Waals surface area contributed by atoms with Crippen molar-refractivity contribution in [2.75, 3.05) is 7.11 Å². The Labute approximate surface area is 197 Å². The van der Waals surface area contributed by atoms with Crippen LogP contribution in [-0.2, 0) is 11.4 Å². The van der Waals surface area contributed by atoms with Crippen LogP contribution in [0.25, 0.3) is 11.3 Å². The fourth-order valence-electron chi connectivity index (χ4n) is 3.97. The summed E-state index contributed by atoms with van der Waals surface area (Å²) in [6.07, 6.45) is 1.98. The van der Waals surface area contributed by atoms with Crippen molar-refractivity contribution < 1.29 is 33.0 Å². The van der Waals surface area contributed by atoms with Crippen LogP contribution in [0.4, 0.5) is 4.39 Å². The highest BCUT2D eigenvalue weighted by Crippen LogP contribution is 2.45. The van der Waals surface area contributed by atoms with Crippen molar-refractivity contribution in [3.8, 4) is 28.6 Å². The number of ether oxygens (including phenoxy) is 3. The van der Waals surface area contributed by atoms with Gasteiger partial charge in [0.25, 0.3) is 0 Å². The van der Waals surface area contributed by atoms with Crippen LogP contribution in [0.5, 0.6) is 17.2 Å². The fourth-order valence-corrected chi connectivity index (χ4v) is 3.97. The van der Waals surface area contributed by atoms with E-state index in [1.165, 1.54) is 25.3 Å². The third kappa shape index (κ3) is 5.50. The van der Waals surface area contributed by atoms with E-state index in [2.05, 4.69) is 5.16 Å². The van der Waals surface area contributed by atoms with Gasteiger partial charge >= 0.3 is 5.97 Å². The number of benzene rings is 2. The van der Waals surface area contributed by atoms with Gasteiger partial charge in [-0.25, -0.2) is 4.39 Å². The van der Waals surface area contributed by atoms with E-state index in [1.807, 2.05) is 32.0 Å². The van der Waals surface area contributed by atoms with Crippen LogP contribution in [-0.4, -0.2) is 29.4 Å². The largest absolute Gasteiger partial charge is 0.497 e. The second-order valence-corrected chi connectivity index (χ2v) is 8.70. The van der Waals surface area contributed by atoms with Crippen molar-refractivity contribution in [1.82, 2.24) is 5.16 Å². The van der Waals surface area contributed by atoms with Gasteiger partial charge in [0.15, 0.2) is 11.4 Å². The summed E-state index contributed by atoms with van der Waals surface area (Å²) >= 11 is 0. The number of aromatic nitrogens is 1. The highest BCUT2D eigenvalue weighted by molar-refractivity contribution is 5.68. The maximum Gasteiger partial charge on any atom is 0.303 e. The lowest BCUT2D eigenvalue weighted by atomic mass is 9.91. The van der Waals surface area contributed by atoms with Gasteiger partial charge in [0.1, 0.15) is 23.9 Å². The summed E-state index contributed by atoms with van der Waals surface area (Å²) in [7, 11) is 1.50. The zero-order valence-corrected chi connectivity index (χ0v) is 19.4. The normalized spacial score (nSPS) is 14.1. The zero-order chi connectivity index (χ0) is 24.2. The van der Waals surface area contributed by atoms with E-state index in [-0.39, 0.29) is 36.4 Å².